The van der Waals surface area contributed by atoms with E-state index in [9.17, 15) is 4.79 Å². The minimum absolute atomic E-state index is 0.170. The van der Waals surface area contributed by atoms with E-state index in [0.717, 1.165) is 24.4 Å². The summed E-state index contributed by atoms with van der Waals surface area (Å²) in [5.74, 6) is -0.170. The van der Waals surface area contributed by atoms with Gasteiger partial charge in [0.2, 0.25) is 0 Å². The molecular formula is C12H14N4OS2. The smallest absolute Gasteiger partial charge is 0.270 e. The molecule has 0 fully saturated rings. The highest BCUT2D eigenvalue weighted by Crippen LogP contribution is 2.28. The summed E-state index contributed by atoms with van der Waals surface area (Å²) in [5, 5.41) is 7.21. The molecule has 0 atom stereocenters. The van der Waals surface area contributed by atoms with E-state index in [1.54, 1.807) is 11.3 Å². The molecule has 0 spiro atoms. The van der Waals surface area contributed by atoms with Crippen molar-refractivity contribution in [2.24, 2.45) is 0 Å². The van der Waals surface area contributed by atoms with Gasteiger partial charge < -0.3 is 0 Å². The largest absolute Gasteiger partial charge is 0.297 e. The van der Waals surface area contributed by atoms with Crippen molar-refractivity contribution in [1.82, 2.24) is 14.6 Å². The topological polar surface area (TPSA) is 67.8 Å². The molecule has 0 bridgehead atoms. The molecule has 0 radical (unpaired) electrons. The summed E-state index contributed by atoms with van der Waals surface area (Å²) < 4.78 is 3.69. The highest BCUT2D eigenvalue weighted by atomic mass is 32.1. The SMILES string of the molecule is O=C(Nc1nc2c(s1)CCCCCC2)c1cnns1. The first-order valence-corrected chi connectivity index (χ1v) is 7.99. The number of nitrogens with one attached hydrogen (secondary N) is 1. The summed E-state index contributed by atoms with van der Waals surface area (Å²) in [6.07, 6.45) is 8.60. The number of rotatable bonds is 2. The van der Waals surface area contributed by atoms with Crippen LogP contribution < -0.4 is 5.32 Å². The van der Waals surface area contributed by atoms with Gasteiger partial charge in [0, 0.05) is 4.88 Å². The molecule has 0 aromatic carbocycles. The Bertz CT molecular complexity index is 539. The van der Waals surface area contributed by atoms with E-state index < -0.39 is 0 Å². The van der Waals surface area contributed by atoms with Crippen molar-refractivity contribution in [1.29, 1.82) is 0 Å². The van der Waals surface area contributed by atoms with Crippen LogP contribution in [0.15, 0.2) is 6.20 Å². The van der Waals surface area contributed by atoms with E-state index >= 15 is 0 Å². The molecule has 0 saturated heterocycles. The number of hydrogen-bond donors (Lipinski definition) is 1. The van der Waals surface area contributed by atoms with E-state index in [2.05, 4.69) is 19.9 Å². The molecule has 0 aliphatic heterocycles. The van der Waals surface area contributed by atoms with Gasteiger partial charge in [0.05, 0.1) is 11.9 Å². The van der Waals surface area contributed by atoms with Gasteiger partial charge in [-0.05, 0) is 37.2 Å². The summed E-state index contributed by atoms with van der Waals surface area (Å²) in [6.45, 7) is 0. The van der Waals surface area contributed by atoms with Gasteiger partial charge in [-0.2, -0.15) is 0 Å². The normalized spacial score (nSPS) is 15.4. The highest BCUT2D eigenvalue weighted by molar-refractivity contribution is 7.16. The van der Waals surface area contributed by atoms with E-state index in [4.69, 9.17) is 0 Å². The number of nitrogens with zero attached hydrogens (tertiary/aromatic N) is 3. The number of aromatic nitrogens is 3. The molecule has 5 nitrogen and oxygen atoms in total. The van der Waals surface area contributed by atoms with Crippen molar-refractivity contribution in [3.8, 4) is 0 Å². The third kappa shape index (κ3) is 2.98. The highest BCUT2D eigenvalue weighted by Gasteiger charge is 2.16. The van der Waals surface area contributed by atoms with Crippen LogP contribution in [0.1, 0.15) is 45.9 Å². The summed E-state index contributed by atoms with van der Waals surface area (Å²) in [5.41, 5.74) is 1.17. The first-order valence-electron chi connectivity index (χ1n) is 6.40. The van der Waals surface area contributed by atoms with Gasteiger partial charge in [0.15, 0.2) is 5.13 Å². The molecule has 0 unspecified atom stereocenters. The Kier molecular flexibility index (Phi) is 3.84. The van der Waals surface area contributed by atoms with Gasteiger partial charge >= 0.3 is 0 Å². The lowest BCUT2D eigenvalue weighted by molar-refractivity contribution is 0.103. The molecule has 3 rings (SSSR count). The first-order chi connectivity index (χ1) is 9.33. The van der Waals surface area contributed by atoms with Crippen LogP contribution in [0.2, 0.25) is 0 Å². The lowest BCUT2D eigenvalue weighted by Crippen LogP contribution is -2.09. The Morgan fingerprint density at radius 1 is 1.21 bits per heavy atom. The van der Waals surface area contributed by atoms with Gasteiger partial charge in [-0.3, -0.25) is 10.1 Å². The number of fused-ring (bicyclic) bond motifs is 1. The van der Waals surface area contributed by atoms with Crippen LogP contribution in [0.25, 0.3) is 0 Å². The fourth-order valence-corrected chi connectivity index (χ4v) is 3.64. The number of hydrogen-bond acceptors (Lipinski definition) is 6. The third-order valence-electron chi connectivity index (χ3n) is 3.15. The monoisotopic (exact) mass is 294 g/mol. The Balaban J connectivity index is 1.75. The van der Waals surface area contributed by atoms with Gasteiger partial charge in [-0.25, -0.2) is 4.98 Å². The molecule has 2 heterocycles. The summed E-state index contributed by atoms with van der Waals surface area (Å²) >= 11 is 2.70. The average Bonchev–Trinajstić information content (AvgIpc) is 3.00. The fraction of sp³-hybridized carbons (Fsp3) is 0.500. The number of aryl methyl sites for hydroxylation is 2. The van der Waals surface area contributed by atoms with Gasteiger partial charge in [0.25, 0.3) is 5.91 Å². The minimum atomic E-state index is -0.170. The fourth-order valence-electron chi connectivity index (χ4n) is 2.18. The predicted molar refractivity (Wildman–Crippen MR) is 75.9 cm³/mol. The second-order valence-electron chi connectivity index (χ2n) is 4.54. The third-order valence-corrected chi connectivity index (χ3v) is 4.89. The maximum Gasteiger partial charge on any atom is 0.270 e. The number of amides is 1. The van der Waals surface area contributed by atoms with Crippen LogP contribution in [0, 0.1) is 0 Å². The van der Waals surface area contributed by atoms with Crippen molar-refractivity contribution in [2.75, 3.05) is 5.32 Å². The zero-order valence-electron chi connectivity index (χ0n) is 10.4. The lowest BCUT2D eigenvalue weighted by Gasteiger charge is -2.06. The molecule has 2 aromatic heterocycles. The molecule has 1 aliphatic carbocycles. The Morgan fingerprint density at radius 2 is 2.05 bits per heavy atom. The molecule has 0 saturated carbocycles. The molecule has 100 valence electrons. The Labute approximate surface area is 119 Å². The van der Waals surface area contributed by atoms with Crippen molar-refractivity contribution in [3.05, 3.63) is 21.6 Å². The van der Waals surface area contributed by atoms with Crippen LogP contribution in [-0.4, -0.2) is 20.5 Å². The van der Waals surface area contributed by atoms with E-state index in [1.165, 1.54) is 42.5 Å². The Morgan fingerprint density at radius 3 is 2.84 bits per heavy atom. The lowest BCUT2D eigenvalue weighted by atomic mass is 10.0. The number of thiazole rings is 1. The number of anilines is 1. The van der Waals surface area contributed by atoms with Crippen LogP contribution in [-0.2, 0) is 12.8 Å². The second kappa shape index (κ2) is 5.75. The molecule has 2 aromatic rings. The van der Waals surface area contributed by atoms with Gasteiger partial charge in [-0.15, -0.1) is 16.4 Å². The molecule has 1 aliphatic rings. The van der Waals surface area contributed by atoms with E-state index in [1.807, 2.05) is 0 Å². The minimum Gasteiger partial charge on any atom is -0.297 e. The van der Waals surface area contributed by atoms with Crippen molar-refractivity contribution in [2.45, 2.75) is 38.5 Å². The zero-order valence-corrected chi connectivity index (χ0v) is 12.0. The van der Waals surface area contributed by atoms with Crippen LogP contribution in [0.3, 0.4) is 0 Å². The summed E-state index contributed by atoms with van der Waals surface area (Å²) in [6, 6.07) is 0. The molecule has 1 N–H and O–H groups in total. The second-order valence-corrected chi connectivity index (χ2v) is 6.41. The quantitative estimate of drug-likeness (QED) is 0.924. The molecule has 19 heavy (non-hydrogen) atoms. The van der Waals surface area contributed by atoms with Crippen LogP contribution >= 0.6 is 22.9 Å². The molecule has 7 heteroatoms. The van der Waals surface area contributed by atoms with Gasteiger partial charge in [0.1, 0.15) is 4.88 Å². The zero-order chi connectivity index (χ0) is 13.1. The molecule has 1 amide bonds. The van der Waals surface area contributed by atoms with E-state index in [0.29, 0.717) is 10.0 Å². The van der Waals surface area contributed by atoms with Gasteiger partial charge in [-0.1, -0.05) is 17.3 Å². The average molecular weight is 294 g/mol. The summed E-state index contributed by atoms with van der Waals surface area (Å²) in [4.78, 5) is 18.3. The maximum atomic E-state index is 11.9. The Hall–Kier alpha value is -1.34. The van der Waals surface area contributed by atoms with Crippen molar-refractivity contribution in [3.63, 3.8) is 0 Å². The predicted octanol–water partition coefficient (Wildman–Crippen LogP) is 2.91. The van der Waals surface area contributed by atoms with E-state index in [-0.39, 0.29) is 5.91 Å². The van der Waals surface area contributed by atoms with Crippen molar-refractivity contribution < 1.29 is 4.79 Å². The summed E-state index contributed by atoms with van der Waals surface area (Å²) in [7, 11) is 0. The van der Waals surface area contributed by atoms with Crippen LogP contribution in [0.4, 0.5) is 5.13 Å². The van der Waals surface area contributed by atoms with Crippen LogP contribution in [0.5, 0.6) is 0 Å². The number of carbonyl (C=O) groups is 1. The molecular weight excluding hydrogens is 280 g/mol. The maximum absolute atomic E-state index is 11.9. The standard InChI is InChI=1S/C12H14N4OS2/c17-11(10-7-13-16-19-10)15-12-14-8-5-3-1-2-4-6-9(8)18-12/h7H,1-6H2,(H,14,15,17). The number of carbonyl (C=O) groups excluding carboxylic acids is 1. The van der Waals surface area contributed by atoms with Crippen molar-refractivity contribution >= 4 is 33.9 Å². The first kappa shape index (κ1) is 12.7.